The fourth-order valence-electron chi connectivity index (χ4n) is 3.14. The minimum atomic E-state index is 0.0902. The van der Waals surface area contributed by atoms with E-state index in [0.29, 0.717) is 18.6 Å². The molecular weight excluding hydrogens is 288 g/mol. The molecule has 1 aliphatic heterocycles. The van der Waals surface area contributed by atoms with Crippen molar-refractivity contribution in [3.05, 3.63) is 35.9 Å². The van der Waals surface area contributed by atoms with Crippen molar-refractivity contribution in [2.24, 2.45) is 11.8 Å². The first-order chi connectivity index (χ1) is 11.1. The summed E-state index contributed by atoms with van der Waals surface area (Å²) in [6, 6.07) is 9.50. The monoisotopic (exact) mass is 318 g/mol. The van der Waals surface area contributed by atoms with Gasteiger partial charge in [-0.2, -0.15) is 0 Å². The van der Waals surface area contributed by atoms with Gasteiger partial charge in [0.15, 0.2) is 0 Å². The van der Waals surface area contributed by atoms with E-state index in [0.717, 1.165) is 38.2 Å². The molecule has 2 unspecified atom stereocenters. The zero-order valence-corrected chi connectivity index (χ0v) is 14.7. The zero-order chi connectivity index (χ0) is 16.7. The van der Waals surface area contributed by atoms with Gasteiger partial charge in [0.25, 0.3) is 5.91 Å². The topological polar surface area (TPSA) is 32.8 Å². The molecule has 0 aromatic heterocycles. The van der Waals surface area contributed by atoms with Crippen LogP contribution in [0.4, 0.5) is 0 Å². The van der Waals surface area contributed by atoms with Gasteiger partial charge in [0.05, 0.1) is 13.3 Å². The zero-order valence-electron chi connectivity index (χ0n) is 14.7. The molecule has 0 N–H and O–H groups in total. The average molecular weight is 318 g/mol. The maximum Gasteiger partial charge on any atom is 0.253 e. The van der Waals surface area contributed by atoms with Crippen LogP contribution in [0.2, 0.25) is 0 Å². The molecule has 4 heteroatoms. The first kappa shape index (κ1) is 18.0. The summed E-state index contributed by atoms with van der Waals surface area (Å²) in [4.78, 5) is 16.7. The van der Waals surface area contributed by atoms with Crippen molar-refractivity contribution in [2.75, 3.05) is 40.0 Å². The van der Waals surface area contributed by atoms with E-state index >= 15 is 0 Å². The third kappa shape index (κ3) is 5.33. The van der Waals surface area contributed by atoms with Crippen LogP contribution in [0.15, 0.2) is 30.3 Å². The highest BCUT2D eigenvalue weighted by atomic mass is 16.5. The van der Waals surface area contributed by atoms with Gasteiger partial charge in [-0.3, -0.25) is 9.69 Å². The van der Waals surface area contributed by atoms with E-state index in [1.807, 2.05) is 42.3 Å². The Morgan fingerprint density at radius 1 is 1.35 bits per heavy atom. The molecule has 1 amide bonds. The van der Waals surface area contributed by atoms with E-state index in [9.17, 15) is 4.79 Å². The second kappa shape index (κ2) is 9.04. The maximum absolute atomic E-state index is 12.5. The van der Waals surface area contributed by atoms with Gasteiger partial charge in [-0.05, 0) is 30.9 Å². The minimum absolute atomic E-state index is 0.0902. The summed E-state index contributed by atoms with van der Waals surface area (Å²) in [5.74, 6) is 1.05. The Balaban J connectivity index is 1.90. The average Bonchev–Trinajstić information content (AvgIpc) is 2.57. The smallest absolute Gasteiger partial charge is 0.253 e. The summed E-state index contributed by atoms with van der Waals surface area (Å²) in [6.45, 7) is 8.87. The third-order valence-electron chi connectivity index (χ3n) is 4.73. The minimum Gasteiger partial charge on any atom is -0.366 e. The maximum atomic E-state index is 12.5. The van der Waals surface area contributed by atoms with Crippen LogP contribution in [0.1, 0.15) is 37.0 Å². The Kier molecular flexibility index (Phi) is 7.06. The van der Waals surface area contributed by atoms with Crippen LogP contribution >= 0.6 is 0 Å². The molecule has 0 saturated carbocycles. The van der Waals surface area contributed by atoms with Crippen molar-refractivity contribution >= 4 is 5.91 Å². The first-order valence-electron chi connectivity index (χ1n) is 8.72. The highest BCUT2D eigenvalue weighted by Gasteiger charge is 2.24. The van der Waals surface area contributed by atoms with Crippen LogP contribution < -0.4 is 0 Å². The molecule has 4 nitrogen and oxygen atoms in total. The summed E-state index contributed by atoms with van der Waals surface area (Å²) >= 11 is 0. The molecule has 0 radical (unpaired) electrons. The van der Waals surface area contributed by atoms with Gasteiger partial charge < -0.3 is 9.64 Å². The molecule has 0 aliphatic carbocycles. The number of amides is 1. The van der Waals surface area contributed by atoms with E-state index in [-0.39, 0.29) is 5.91 Å². The number of hydrogen-bond donors (Lipinski definition) is 0. The van der Waals surface area contributed by atoms with Crippen molar-refractivity contribution in [2.45, 2.75) is 26.7 Å². The number of ether oxygens (including phenoxy) is 1. The van der Waals surface area contributed by atoms with E-state index in [1.54, 1.807) is 0 Å². The number of hydrogen-bond acceptors (Lipinski definition) is 3. The number of benzene rings is 1. The van der Waals surface area contributed by atoms with Gasteiger partial charge in [-0.25, -0.2) is 0 Å². The standard InChI is InChI=1S/C19H30N2O2/c1-4-11-21-12-10-16(2)18(14-23-15-21)13-20(3)19(22)17-8-6-5-7-9-17/h5-9,16,18H,4,10-15H2,1-3H3. The van der Waals surface area contributed by atoms with Crippen LogP contribution in [0.5, 0.6) is 0 Å². The molecule has 0 spiro atoms. The van der Waals surface area contributed by atoms with Crippen LogP contribution in [-0.2, 0) is 4.74 Å². The third-order valence-corrected chi connectivity index (χ3v) is 4.73. The highest BCUT2D eigenvalue weighted by molar-refractivity contribution is 5.93. The lowest BCUT2D eigenvalue weighted by Crippen LogP contribution is -2.40. The Bertz CT molecular complexity index is 478. The Morgan fingerprint density at radius 3 is 2.78 bits per heavy atom. The van der Waals surface area contributed by atoms with Crippen molar-refractivity contribution < 1.29 is 9.53 Å². The highest BCUT2D eigenvalue weighted by Crippen LogP contribution is 2.21. The summed E-state index contributed by atoms with van der Waals surface area (Å²) in [5.41, 5.74) is 0.753. The molecular formula is C19H30N2O2. The van der Waals surface area contributed by atoms with Gasteiger partial charge in [0.2, 0.25) is 0 Å². The van der Waals surface area contributed by atoms with Crippen molar-refractivity contribution in [1.82, 2.24) is 9.80 Å². The van der Waals surface area contributed by atoms with Gasteiger partial charge in [-0.1, -0.05) is 32.0 Å². The van der Waals surface area contributed by atoms with Gasteiger partial charge in [-0.15, -0.1) is 0 Å². The summed E-state index contributed by atoms with van der Waals surface area (Å²) in [7, 11) is 1.89. The van der Waals surface area contributed by atoms with Crippen molar-refractivity contribution in [1.29, 1.82) is 0 Å². The molecule has 1 aliphatic rings. The molecule has 1 heterocycles. The number of rotatable bonds is 5. The number of nitrogens with zero attached hydrogens (tertiary/aromatic N) is 2. The molecule has 0 bridgehead atoms. The SMILES string of the molecule is CCCN1CCC(C)C(CN(C)C(=O)c2ccccc2)COC1. The second-order valence-corrected chi connectivity index (χ2v) is 6.70. The van der Waals surface area contributed by atoms with Gasteiger partial charge in [0.1, 0.15) is 0 Å². The van der Waals surface area contributed by atoms with Crippen molar-refractivity contribution in [3.63, 3.8) is 0 Å². The predicted molar refractivity (Wildman–Crippen MR) is 93.4 cm³/mol. The molecule has 1 aromatic carbocycles. The second-order valence-electron chi connectivity index (χ2n) is 6.70. The summed E-state index contributed by atoms with van der Waals surface area (Å²) in [5, 5.41) is 0. The first-order valence-corrected chi connectivity index (χ1v) is 8.72. The molecule has 1 aromatic rings. The van der Waals surface area contributed by atoms with Crippen LogP contribution in [-0.4, -0.2) is 55.7 Å². The van der Waals surface area contributed by atoms with Gasteiger partial charge in [0, 0.05) is 38.2 Å². The van der Waals surface area contributed by atoms with Crippen LogP contribution in [0.3, 0.4) is 0 Å². The summed E-state index contributed by atoms with van der Waals surface area (Å²) in [6.07, 6.45) is 2.33. The van der Waals surface area contributed by atoms with E-state index in [1.165, 1.54) is 6.42 Å². The van der Waals surface area contributed by atoms with Gasteiger partial charge >= 0.3 is 0 Å². The lowest BCUT2D eigenvalue weighted by atomic mass is 9.90. The molecule has 23 heavy (non-hydrogen) atoms. The molecule has 1 saturated heterocycles. The predicted octanol–water partition coefficient (Wildman–Crippen LogP) is 3.10. The number of carbonyl (C=O) groups excluding carboxylic acids is 1. The fourth-order valence-corrected chi connectivity index (χ4v) is 3.14. The van der Waals surface area contributed by atoms with E-state index in [4.69, 9.17) is 4.74 Å². The van der Waals surface area contributed by atoms with Crippen molar-refractivity contribution in [3.8, 4) is 0 Å². The molecule has 128 valence electrons. The largest absolute Gasteiger partial charge is 0.366 e. The lowest BCUT2D eigenvalue weighted by Gasteiger charge is -2.34. The Hall–Kier alpha value is -1.39. The lowest BCUT2D eigenvalue weighted by molar-refractivity contribution is -0.0251. The van der Waals surface area contributed by atoms with Crippen LogP contribution in [0.25, 0.3) is 0 Å². The fraction of sp³-hybridized carbons (Fsp3) is 0.632. The molecule has 2 atom stereocenters. The Morgan fingerprint density at radius 2 is 2.09 bits per heavy atom. The Labute approximate surface area is 140 Å². The summed E-state index contributed by atoms with van der Waals surface area (Å²) < 4.78 is 5.90. The van der Waals surface area contributed by atoms with Crippen LogP contribution in [0, 0.1) is 11.8 Å². The van der Waals surface area contributed by atoms with E-state index in [2.05, 4.69) is 18.7 Å². The normalized spacial score (nSPS) is 23.1. The molecule has 1 fully saturated rings. The molecule has 2 rings (SSSR count). The van der Waals surface area contributed by atoms with E-state index < -0.39 is 0 Å². The quantitative estimate of drug-likeness (QED) is 0.836. The number of carbonyl (C=O) groups is 1.